The largest absolute Gasteiger partial charge is 0.297 e. The average Bonchev–Trinajstić information content (AvgIpc) is 2.57. The molecule has 1 aromatic rings. The molecule has 0 saturated carbocycles. The summed E-state index contributed by atoms with van der Waals surface area (Å²) in [4.78, 5) is 17.6. The molecule has 1 aliphatic rings. The number of aromatic nitrogens is 1. The van der Waals surface area contributed by atoms with E-state index < -0.39 is 0 Å². The summed E-state index contributed by atoms with van der Waals surface area (Å²) < 4.78 is 0.980. The Kier molecular flexibility index (Phi) is 2.54. The Balaban J connectivity index is 2.32. The summed E-state index contributed by atoms with van der Waals surface area (Å²) >= 11 is 3.39. The fraction of sp³-hybridized carbons (Fsp3) is 0.400. The fourth-order valence-corrected chi connectivity index (χ4v) is 1.79. The molecule has 3 nitrogen and oxygen atoms in total. The smallest absolute Gasteiger partial charge is 0.228 e. The van der Waals surface area contributed by atoms with Crippen LogP contribution in [0.15, 0.2) is 16.6 Å². The first kappa shape index (κ1) is 9.65. The molecule has 0 unspecified atom stereocenters. The van der Waals surface area contributed by atoms with Crippen molar-refractivity contribution in [3.63, 3.8) is 0 Å². The molecule has 0 bridgehead atoms. The van der Waals surface area contributed by atoms with E-state index in [1.165, 1.54) is 0 Å². The Hall–Kier alpha value is -0.900. The van der Waals surface area contributed by atoms with Gasteiger partial charge < -0.3 is 0 Å². The number of carbonyl (C=O) groups is 1. The second-order valence-corrected chi connectivity index (χ2v) is 4.24. The molecule has 1 amide bonds. The highest BCUT2D eigenvalue weighted by Gasteiger charge is 2.22. The molecular formula is C10H11BrN2O. The third-order valence-electron chi connectivity index (χ3n) is 2.36. The fourth-order valence-electron chi connectivity index (χ4n) is 1.57. The highest BCUT2D eigenvalue weighted by molar-refractivity contribution is 9.10. The molecule has 0 aromatic carbocycles. The van der Waals surface area contributed by atoms with Crippen LogP contribution in [-0.4, -0.2) is 17.4 Å². The van der Waals surface area contributed by atoms with Crippen LogP contribution in [0.3, 0.4) is 0 Å². The number of rotatable bonds is 1. The van der Waals surface area contributed by atoms with E-state index >= 15 is 0 Å². The van der Waals surface area contributed by atoms with Crippen LogP contribution >= 0.6 is 15.9 Å². The van der Waals surface area contributed by atoms with Gasteiger partial charge in [-0.25, -0.2) is 4.98 Å². The molecule has 1 saturated heterocycles. The number of hydrogen-bond donors (Lipinski definition) is 0. The van der Waals surface area contributed by atoms with Crippen LogP contribution in [0.1, 0.15) is 18.5 Å². The van der Waals surface area contributed by atoms with Crippen LogP contribution in [0.4, 0.5) is 5.82 Å². The number of nitrogens with zero attached hydrogens (tertiary/aromatic N) is 2. The second kappa shape index (κ2) is 3.69. The molecule has 0 spiro atoms. The third-order valence-corrected chi connectivity index (χ3v) is 3.19. The molecule has 74 valence electrons. The van der Waals surface area contributed by atoms with Gasteiger partial charge in [-0.2, -0.15) is 0 Å². The predicted octanol–water partition coefficient (Wildman–Crippen LogP) is 2.28. The Bertz CT molecular complexity index is 378. The number of amides is 1. The maximum Gasteiger partial charge on any atom is 0.228 e. The molecule has 0 N–H and O–H groups in total. The second-order valence-electron chi connectivity index (χ2n) is 3.39. The summed E-state index contributed by atoms with van der Waals surface area (Å²) in [6.07, 6.45) is 1.59. The quantitative estimate of drug-likeness (QED) is 0.771. The molecule has 14 heavy (non-hydrogen) atoms. The molecule has 1 aliphatic heterocycles. The zero-order chi connectivity index (χ0) is 10.1. The lowest BCUT2D eigenvalue weighted by Gasteiger charge is -2.14. The van der Waals surface area contributed by atoms with Crippen molar-refractivity contribution in [2.45, 2.75) is 19.8 Å². The summed E-state index contributed by atoms with van der Waals surface area (Å²) in [5.74, 6) is 0.951. The molecule has 0 radical (unpaired) electrons. The number of halogens is 1. The van der Waals surface area contributed by atoms with Gasteiger partial charge >= 0.3 is 0 Å². The first-order valence-electron chi connectivity index (χ1n) is 4.62. The van der Waals surface area contributed by atoms with E-state index in [4.69, 9.17) is 0 Å². The molecule has 1 aromatic heterocycles. The van der Waals surface area contributed by atoms with Crippen molar-refractivity contribution >= 4 is 27.7 Å². The molecule has 4 heteroatoms. The van der Waals surface area contributed by atoms with Crippen molar-refractivity contribution in [1.82, 2.24) is 4.98 Å². The van der Waals surface area contributed by atoms with Gasteiger partial charge in [0.15, 0.2) is 0 Å². The van der Waals surface area contributed by atoms with Crippen molar-refractivity contribution in [2.24, 2.45) is 0 Å². The Morgan fingerprint density at radius 1 is 1.50 bits per heavy atom. The lowest BCUT2D eigenvalue weighted by Crippen LogP contribution is -2.24. The van der Waals surface area contributed by atoms with E-state index in [0.29, 0.717) is 6.42 Å². The van der Waals surface area contributed by atoms with Gasteiger partial charge in [-0.15, -0.1) is 0 Å². The minimum absolute atomic E-state index is 0.180. The van der Waals surface area contributed by atoms with Gasteiger partial charge in [0.2, 0.25) is 5.91 Å². The number of pyridine rings is 1. The zero-order valence-corrected chi connectivity index (χ0v) is 9.54. The standard InChI is InChI=1S/C10H11BrN2O/c1-7-8(11)4-5-9(12-7)13-6-2-3-10(13)14/h4-5H,2-3,6H2,1H3. The minimum atomic E-state index is 0.180. The summed E-state index contributed by atoms with van der Waals surface area (Å²) in [6, 6.07) is 3.81. The van der Waals surface area contributed by atoms with Crippen molar-refractivity contribution in [3.8, 4) is 0 Å². The monoisotopic (exact) mass is 254 g/mol. The van der Waals surface area contributed by atoms with Crippen LogP contribution in [0.2, 0.25) is 0 Å². The summed E-state index contributed by atoms with van der Waals surface area (Å²) in [6.45, 7) is 2.72. The Labute approximate surface area is 91.3 Å². The normalized spacial score (nSPS) is 16.4. The van der Waals surface area contributed by atoms with E-state index in [1.807, 2.05) is 19.1 Å². The van der Waals surface area contributed by atoms with E-state index in [9.17, 15) is 4.79 Å². The van der Waals surface area contributed by atoms with Crippen molar-refractivity contribution < 1.29 is 4.79 Å². The number of anilines is 1. The zero-order valence-electron chi connectivity index (χ0n) is 7.96. The minimum Gasteiger partial charge on any atom is -0.297 e. The van der Waals surface area contributed by atoms with Gasteiger partial charge in [-0.3, -0.25) is 9.69 Å². The summed E-state index contributed by atoms with van der Waals surface area (Å²) in [5.41, 5.74) is 0.919. The Morgan fingerprint density at radius 2 is 2.29 bits per heavy atom. The number of aryl methyl sites for hydroxylation is 1. The highest BCUT2D eigenvalue weighted by Crippen LogP contribution is 2.22. The third kappa shape index (κ3) is 1.66. The van der Waals surface area contributed by atoms with Gasteiger partial charge in [-0.05, 0) is 41.4 Å². The maximum absolute atomic E-state index is 11.4. The van der Waals surface area contributed by atoms with Crippen LogP contribution in [0.25, 0.3) is 0 Å². The topological polar surface area (TPSA) is 33.2 Å². The highest BCUT2D eigenvalue weighted by atomic mass is 79.9. The van der Waals surface area contributed by atoms with E-state index in [1.54, 1.807) is 4.90 Å². The van der Waals surface area contributed by atoms with Crippen molar-refractivity contribution in [3.05, 3.63) is 22.3 Å². The van der Waals surface area contributed by atoms with Crippen LogP contribution in [0, 0.1) is 6.92 Å². The first-order chi connectivity index (χ1) is 6.68. The lowest BCUT2D eigenvalue weighted by molar-refractivity contribution is -0.117. The van der Waals surface area contributed by atoms with E-state index in [0.717, 1.165) is 29.0 Å². The molecule has 0 aliphatic carbocycles. The van der Waals surface area contributed by atoms with Crippen LogP contribution < -0.4 is 4.90 Å². The first-order valence-corrected chi connectivity index (χ1v) is 5.41. The summed E-state index contributed by atoms with van der Waals surface area (Å²) in [7, 11) is 0. The van der Waals surface area contributed by atoms with Gasteiger partial charge in [0.25, 0.3) is 0 Å². The average molecular weight is 255 g/mol. The SMILES string of the molecule is Cc1nc(N2CCCC2=O)ccc1Br. The molecule has 2 heterocycles. The molecule has 1 fully saturated rings. The van der Waals surface area contributed by atoms with Crippen molar-refractivity contribution in [2.75, 3.05) is 11.4 Å². The van der Waals surface area contributed by atoms with Crippen LogP contribution in [-0.2, 0) is 4.79 Å². The van der Waals surface area contributed by atoms with Gasteiger partial charge in [0.05, 0.1) is 5.69 Å². The Morgan fingerprint density at radius 3 is 2.86 bits per heavy atom. The van der Waals surface area contributed by atoms with Crippen molar-refractivity contribution in [1.29, 1.82) is 0 Å². The van der Waals surface area contributed by atoms with E-state index in [-0.39, 0.29) is 5.91 Å². The van der Waals surface area contributed by atoms with Gasteiger partial charge in [0.1, 0.15) is 5.82 Å². The van der Waals surface area contributed by atoms with Crippen LogP contribution in [0.5, 0.6) is 0 Å². The number of carbonyl (C=O) groups excluding carboxylic acids is 1. The van der Waals surface area contributed by atoms with E-state index in [2.05, 4.69) is 20.9 Å². The molecule has 0 atom stereocenters. The molecule has 2 rings (SSSR count). The van der Waals surface area contributed by atoms with Gasteiger partial charge in [-0.1, -0.05) is 0 Å². The lowest BCUT2D eigenvalue weighted by atomic mass is 10.3. The predicted molar refractivity (Wildman–Crippen MR) is 58.3 cm³/mol. The maximum atomic E-state index is 11.4. The number of hydrogen-bond acceptors (Lipinski definition) is 2. The molecular weight excluding hydrogens is 244 g/mol. The summed E-state index contributed by atoms with van der Waals surface area (Å²) in [5, 5.41) is 0. The van der Waals surface area contributed by atoms with Gasteiger partial charge in [0, 0.05) is 17.4 Å².